The number of anilines is 3. The van der Waals surface area contributed by atoms with Gasteiger partial charge in [-0.1, -0.05) is 0 Å². The monoisotopic (exact) mass is 496 g/mol. The highest BCUT2D eigenvalue weighted by atomic mass is 19.4. The van der Waals surface area contributed by atoms with Crippen molar-refractivity contribution in [1.82, 2.24) is 15.0 Å². The zero-order valence-corrected chi connectivity index (χ0v) is 18.4. The number of hydrogen-bond acceptors (Lipinski definition) is 9. The Kier molecular flexibility index (Phi) is 7.03. The summed E-state index contributed by atoms with van der Waals surface area (Å²) in [7, 11) is 0. The van der Waals surface area contributed by atoms with Gasteiger partial charge in [-0.15, -0.1) is 0 Å². The Labute approximate surface area is 197 Å². The molecule has 0 saturated carbocycles. The third-order valence-electron chi connectivity index (χ3n) is 5.59. The number of aliphatic hydroxyl groups excluding tert-OH is 2. The van der Waals surface area contributed by atoms with E-state index >= 15 is 0 Å². The van der Waals surface area contributed by atoms with Gasteiger partial charge < -0.3 is 19.8 Å². The summed E-state index contributed by atoms with van der Waals surface area (Å²) in [6.45, 7) is 0.557. The van der Waals surface area contributed by atoms with Crippen molar-refractivity contribution in [1.29, 1.82) is 0 Å². The second kappa shape index (κ2) is 10.00. The third-order valence-corrected chi connectivity index (χ3v) is 5.59. The highest BCUT2D eigenvalue weighted by molar-refractivity contribution is 6.05. The number of amides is 2. The van der Waals surface area contributed by atoms with E-state index in [9.17, 15) is 27.9 Å². The van der Waals surface area contributed by atoms with Crippen molar-refractivity contribution < 1.29 is 37.7 Å². The lowest BCUT2D eigenvalue weighted by Gasteiger charge is -2.35. The molecule has 2 aliphatic rings. The van der Waals surface area contributed by atoms with Gasteiger partial charge in [0.05, 0.1) is 37.2 Å². The van der Waals surface area contributed by atoms with Crippen LogP contribution in [0.25, 0.3) is 0 Å². The van der Waals surface area contributed by atoms with Crippen LogP contribution in [0.3, 0.4) is 0 Å². The number of ketones is 1. The fourth-order valence-corrected chi connectivity index (χ4v) is 3.87. The van der Waals surface area contributed by atoms with Crippen LogP contribution in [0.1, 0.15) is 29.8 Å². The maximum Gasteiger partial charge on any atom is 0.389 e. The van der Waals surface area contributed by atoms with Crippen LogP contribution in [0.4, 0.5) is 35.3 Å². The molecule has 14 heteroatoms. The zero-order valence-electron chi connectivity index (χ0n) is 18.4. The molecule has 0 aliphatic carbocycles. The summed E-state index contributed by atoms with van der Waals surface area (Å²) in [5, 5.41) is 20.7. The molecule has 3 N–H and O–H groups in total. The summed E-state index contributed by atoms with van der Waals surface area (Å²) in [6.07, 6.45) is -4.38. The molecule has 0 spiro atoms. The maximum atomic E-state index is 13.2. The number of fused-ring (bicyclic) bond motifs is 4. The van der Waals surface area contributed by atoms with Crippen LogP contribution >= 0.6 is 0 Å². The van der Waals surface area contributed by atoms with Crippen molar-refractivity contribution in [2.45, 2.75) is 37.6 Å². The number of nitrogens with one attached hydrogen (secondary N) is 1. The number of Topliss-reactive ketones (excluding diaryl/α,β-unsaturated/α-hetero) is 1. The Hall–Kier alpha value is -3.52. The molecule has 0 aromatic carbocycles. The molecule has 4 heterocycles. The van der Waals surface area contributed by atoms with Gasteiger partial charge in [-0.25, -0.2) is 19.7 Å². The van der Waals surface area contributed by atoms with Gasteiger partial charge in [-0.3, -0.25) is 15.0 Å². The number of pyridine rings is 1. The Balaban J connectivity index is 1.50. The summed E-state index contributed by atoms with van der Waals surface area (Å²) < 4.78 is 42.8. The number of halogens is 3. The number of nitrogens with zero attached hydrogens (tertiary/aromatic N) is 5. The Morgan fingerprint density at radius 1 is 1.26 bits per heavy atom. The molecule has 2 atom stereocenters. The topological polar surface area (TPSA) is 141 Å². The van der Waals surface area contributed by atoms with Crippen molar-refractivity contribution in [2.24, 2.45) is 0 Å². The van der Waals surface area contributed by atoms with Gasteiger partial charge in [-0.05, 0) is 18.6 Å². The van der Waals surface area contributed by atoms with E-state index in [1.807, 2.05) is 4.90 Å². The van der Waals surface area contributed by atoms with Crippen LogP contribution in [0, 0.1) is 0 Å². The lowest BCUT2D eigenvalue weighted by Crippen LogP contribution is -2.48. The molecule has 2 amide bonds. The predicted octanol–water partition coefficient (Wildman–Crippen LogP) is 1.76. The molecule has 188 valence electrons. The Bertz CT molecular complexity index is 1080. The van der Waals surface area contributed by atoms with Crippen molar-refractivity contribution in [3.8, 4) is 5.88 Å². The second-order valence-electron chi connectivity index (χ2n) is 8.15. The van der Waals surface area contributed by atoms with Gasteiger partial charge in [0.15, 0.2) is 17.4 Å². The first kappa shape index (κ1) is 24.6. The minimum atomic E-state index is -4.46. The SMILES string of the molecule is O=C(CCC(F)(F)F)c1ccc2c(n1)N(C(=O)Nc1cnc(OC[C@@H](O)CO)cn1)[C@H]1CCN2C1. The molecule has 4 rings (SSSR count). The molecule has 2 bridgehead atoms. The van der Waals surface area contributed by atoms with E-state index in [2.05, 4.69) is 20.3 Å². The zero-order chi connectivity index (χ0) is 25.2. The normalized spacial score (nSPS) is 17.7. The first-order valence-electron chi connectivity index (χ1n) is 10.8. The number of urea groups is 1. The van der Waals surface area contributed by atoms with Gasteiger partial charge in [-0.2, -0.15) is 13.2 Å². The highest BCUT2D eigenvalue weighted by Gasteiger charge is 2.40. The van der Waals surface area contributed by atoms with Gasteiger partial charge in [0.25, 0.3) is 0 Å². The van der Waals surface area contributed by atoms with Gasteiger partial charge in [0.2, 0.25) is 5.88 Å². The van der Waals surface area contributed by atoms with Crippen LogP contribution in [0.5, 0.6) is 5.88 Å². The summed E-state index contributed by atoms with van der Waals surface area (Å²) in [5.41, 5.74) is 0.471. The van der Waals surface area contributed by atoms with Crippen LogP contribution in [-0.4, -0.2) is 81.6 Å². The third kappa shape index (κ3) is 5.77. The minimum absolute atomic E-state index is 0.0777. The van der Waals surface area contributed by atoms with E-state index in [4.69, 9.17) is 9.84 Å². The van der Waals surface area contributed by atoms with E-state index in [-0.39, 0.29) is 35.9 Å². The molecular weight excluding hydrogens is 473 g/mol. The fraction of sp³-hybridized carbons (Fsp3) is 0.476. The standard InChI is InChI=1S/C21H23F3N6O5/c22-21(23,24)5-3-16(33)14-1-2-15-19(27-14)30(12-4-6-29(15)9-12)20(34)28-17-7-26-18(8-25-17)35-11-13(32)10-31/h1-2,7-8,12-13,31-32H,3-6,9-11H2,(H,25,28,34)/t12-,13-/m0/s1. The first-order valence-corrected chi connectivity index (χ1v) is 10.8. The molecule has 35 heavy (non-hydrogen) atoms. The highest BCUT2D eigenvalue weighted by Crippen LogP contribution is 2.39. The van der Waals surface area contributed by atoms with Crippen LogP contribution < -0.4 is 19.9 Å². The molecule has 2 aliphatic heterocycles. The fourth-order valence-electron chi connectivity index (χ4n) is 3.87. The van der Waals surface area contributed by atoms with E-state index in [0.717, 1.165) is 0 Å². The number of aliphatic hydroxyl groups is 2. The molecular formula is C21H23F3N6O5. The van der Waals surface area contributed by atoms with Crippen LogP contribution in [0.15, 0.2) is 24.5 Å². The van der Waals surface area contributed by atoms with Crippen molar-refractivity contribution >= 4 is 29.1 Å². The summed E-state index contributed by atoms with van der Waals surface area (Å²) in [5.74, 6) is -0.385. The largest absolute Gasteiger partial charge is 0.474 e. The van der Waals surface area contributed by atoms with Crippen molar-refractivity contribution in [3.63, 3.8) is 0 Å². The molecule has 0 unspecified atom stereocenters. The lowest BCUT2D eigenvalue weighted by atomic mass is 10.1. The number of rotatable bonds is 8. The molecule has 0 radical (unpaired) electrons. The minimum Gasteiger partial charge on any atom is -0.474 e. The predicted molar refractivity (Wildman–Crippen MR) is 117 cm³/mol. The van der Waals surface area contributed by atoms with Crippen LogP contribution in [-0.2, 0) is 0 Å². The van der Waals surface area contributed by atoms with Crippen molar-refractivity contribution in [2.75, 3.05) is 41.4 Å². The number of hydrogen-bond donors (Lipinski definition) is 3. The lowest BCUT2D eigenvalue weighted by molar-refractivity contribution is -0.133. The molecule has 2 aromatic rings. The maximum absolute atomic E-state index is 13.2. The van der Waals surface area contributed by atoms with Gasteiger partial charge in [0, 0.05) is 19.5 Å². The van der Waals surface area contributed by atoms with E-state index in [1.54, 1.807) is 6.07 Å². The number of alkyl halides is 3. The first-order chi connectivity index (χ1) is 16.6. The number of aromatic nitrogens is 3. The van der Waals surface area contributed by atoms with Crippen molar-refractivity contribution in [3.05, 3.63) is 30.2 Å². The van der Waals surface area contributed by atoms with Crippen LogP contribution in [0.2, 0.25) is 0 Å². The molecule has 1 saturated heterocycles. The quantitative estimate of drug-likeness (QED) is 0.466. The van der Waals surface area contributed by atoms with E-state index in [1.165, 1.54) is 23.4 Å². The second-order valence-corrected chi connectivity index (χ2v) is 8.15. The average molecular weight is 496 g/mol. The Morgan fingerprint density at radius 2 is 2.06 bits per heavy atom. The number of carbonyl (C=O) groups is 2. The number of carbonyl (C=O) groups excluding carboxylic acids is 2. The van der Waals surface area contributed by atoms with E-state index < -0.39 is 43.5 Å². The Morgan fingerprint density at radius 3 is 2.74 bits per heavy atom. The van der Waals surface area contributed by atoms with Gasteiger partial charge in [0.1, 0.15) is 18.4 Å². The smallest absolute Gasteiger partial charge is 0.389 e. The summed E-state index contributed by atoms with van der Waals surface area (Å²) in [6, 6.07) is 2.15. The summed E-state index contributed by atoms with van der Waals surface area (Å²) >= 11 is 0. The van der Waals surface area contributed by atoms with E-state index in [0.29, 0.717) is 25.2 Å². The average Bonchev–Trinajstić information content (AvgIpc) is 3.25. The van der Waals surface area contributed by atoms with Gasteiger partial charge >= 0.3 is 12.2 Å². The molecule has 11 nitrogen and oxygen atoms in total. The number of ether oxygens (including phenoxy) is 1. The molecule has 2 aromatic heterocycles. The molecule has 1 fully saturated rings. The summed E-state index contributed by atoms with van der Waals surface area (Å²) in [4.78, 5) is 41.2.